The maximum atomic E-state index is 11.8. The third kappa shape index (κ3) is 5.25. The predicted molar refractivity (Wildman–Crippen MR) is 77.8 cm³/mol. The number of carboxylic acid groups (broad SMARTS) is 1. The molecule has 0 spiro atoms. The van der Waals surface area contributed by atoms with Gasteiger partial charge < -0.3 is 15.7 Å². The molecule has 0 unspecified atom stereocenters. The van der Waals surface area contributed by atoms with Gasteiger partial charge in [0, 0.05) is 5.56 Å². The number of amides is 2. The van der Waals surface area contributed by atoms with Crippen molar-refractivity contribution in [3.8, 4) is 0 Å². The second-order valence-corrected chi connectivity index (χ2v) is 5.75. The van der Waals surface area contributed by atoms with Crippen molar-refractivity contribution in [1.82, 2.24) is 10.6 Å². The van der Waals surface area contributed by atoms with Gasteiger partial charge in [-0.3, -0.25) is 9.59 Å². The first-order chi connectivity index (χ1) is 9.71. The molecule has 0 fully saturated rings. The molecule has 0 bridgehead atoms. The van der Waals surface area contributed by atoms with Gasteiger partial charge in [-0.1, -0.05) is 39.0 Å². The first-order valence-corrected chi connectivity index (χ1v) is 6.57. The average molecular weight is 292 g/mol. The van der Waals surface area contributed by atoms with Crippen LogP contribution in [0.4, 0.5) is 0 Å². The second-order valence-electron chi connectivity index (χ2n) is 5.75. The number of nitrogens with one attached hydrogen (secondary N) is 2. The van der Waals surface area contributed by atoms with Gasteiger partial charge in [-0.25, -0.2) is 4.79 Å². The van der Waals surface area contributed by atoms with Gasteiger partial charge in [0.15, 0.2) is 0 Å². The molecule has 0 radical (unpaired) electrons. The van der Waals surface area contributed by atoms with Crippen LogP contribution in [-0.4, -0.2) is 35.5 Å². The molecule has 21 heavy (non-hydrogen) atoms. The Morgan fingerprint density at radius 2 is 1.71 bits per heavy atom. The number of carbonyl (C=O) groups excluding carboxylic acids is 2. The molecular formula is C15H20N2O4. The number of carboxylic acids is 1. The van der Waals surface area contributed by atoms with E-state index in [1.165, 1.54) is 0 Å². The molecule has 1 rings (SSSR count). The van der Waals surface area contributed by atoms with E-state index in [1.807, 2.05) is 0 Å². The number of aliphatic carboxylic acids is 1. The SMILES string of the molecule is CC(C)(C)[C@H](NC(=O)CNC(=O)c1ccccc1)C(=O)O. The highest BCUT2D eigenvalue weighted by atomic mass is 16.4. The fraction of sp³-hybridized carbons (Fsp3) is 0.400. The fourth-order valence-electron chi connectivity index (χ4n) is 1.71. The molecule has 6 nitrogen and oxygen atoms in total. The minimum absolute atomic E-state index is 0.270. The van der Waals surface area contributed by atoms with Gasteiger partial charge in [0.1, 0.15) is 6.04 Å². The van der Waals surface area contributed by atoms with Crippen molar-refractivity contribution in [2.75, 3.05) is 6.54 Å². The van der Waals surface area contributed by atoms with Crippen LogP contribution >= 0.6 is 0 Å². The predicted octanol–water partition coefficient (Wildman–Crippen LogP) is 1.03. The molecule has 0 heterocycles. The molecule has 6 heteroatoms. The minimum atomic E-state index is -1.11. The summed E-state index contributed by atoms with van der Waals surface area (Å²) in [5.74, 6) is -2.03. The standard InChI is InChI=1S/C15H20N2O4/c1-15(2,3)12(14(20)21)17-11(18)9-16-13(19)10-7-5-4-6-8-10/h4-8,12H,9H2,1-3H3,(H,16,19)(H,17,18)(H,20,21)/t12-/m1/s1. The lowest BCUT2D eigenvalue weighted by Gasteiger charge is -2.27. The topological polar surface area (TPSA) is 95.5 Å². The van der Waals surface area contributed by atoms with Crippen LogP contribution in [0.5, 0.6) is 0 Å². The van der Waals surface area contributed by atoms with Gasteiger partial charge in [0.2, 0.25) is 5.91 Å². The summed E-state index contributed by atoms with van der Waals surface area (Å²) in [6, 6.07) is 7.46. The molecule has 0 aliphatic carbocycles. The van der Waals surface area contributed by atoms with Crippen LogP contribution < -0.4 is 10.6 Å². The number of benzene rings is 1. The summed E-state index contributed by atoms with van der Waals surface area (Å²) < 4.78 is 0. The monoisotopic (exact) mass is 292 g/mol. The van der Waals surface area contributed by atoms with Crippen molar-refractivity contribution in [3.05, 3.63) is 35.9 Å². The Morgan fingerprint density at radius 1 is 1.14 bits per heavy atom. The van der Waals surface area contributed by atoms with E-state index in [0.717, 1.165) is 0 Å². The van der Waals surface area contributed by atoms with E-state index < -0.39 is 23.3 Å². The van der Waals surface area contributed by atoms with Crippen LogP contribution in [0.3, 0.4) is 0 Å². The Balaban J connectivity index is 2.54. The van der Waals surface area contributed by atoms with Crippen molar-refractivity contribution >= 4 is 17.8 Å². The summed E-state index contributed by atoms with van der Waals surface area (Å²) >= 11 is 0. The lowest BCUT2D eigenvalue weighted by Crippen LogP contribution is -2.51. The summed E-state index contributed by atoms with van der Waals surface area (Å²) in [6.45, 7) is 4.88. The highest BCUT2D eigenvalue weighted by Gasteiger charge is 2.32. The Kier molecular flexibility index (Phi) is 5.46. The number of rotatable bonds is 5. The number of carbonyl (C=O) groups is 3. The van der Waals surface area contributed by atoms with Crippen molar-refractivity contribution in [2.24, 2.45) is 5.41 Å². The summed E-state index contributed by atoms with van der Waals surface area (Å²) in [4.78, 5) is 34.6. The first kappa shape index (κ1) is 16.7. The fourth-order valence-corrected chi connectivity index (χ4v) is 1.71. The molecule has 1 atom stereocenters. The van der Waals surface area contributed by atoms with Gasteiger partial charge >= 0.3 is 5.97 Å². The molecule has 1 aromatic carbocycles. The summed E-state index contributed by atoms with van der Waals surface area (Å²) in [5, 5.41) is 14.0. The Morgan fingerprint density at radius 3 is 2.19 bits per heavy atom. The zero-order valence-corrected chi connectivity index (χ0v) is 12.3. The van der Waals surface area contributed by atoms with Crippen LogP contribution in [0.25, 0.3) is 0 Å². The summed E-state index contributed by atoms with van der Waals surface area (Å²) in [6.07, 6.45) is 0. The lowest BCUT2D eigenvalue weighted by molar-refractivity contribution is -0.144. The van der Waals surface area contributed by atoms with Gasteiger partial charge in [-0.05, 0) is 17.5 Å². The molecule has 1 aromatic rings. The van der Waals surface area contributed by atoms with E-state index in [-0.39, 0.29) is 12.5 Å². The normalized spacial score (nSPS) is 12.3. The Hall–Kier alpha value is -2.37. The van der Waals surface area contributed by atoms with E-state index in [4.69, 9.17) is 5.11 Å². The van der Waals surface area contributed by atoms with E-state index >= 15 is 0 Å². The highest BCUT2D eigenvalue weighted by molar-refractivity contribution is 5.96. The van der Waals surface area contributed by atoms with Gasteiger partial charge in [-0.15, -0.1) is 0 Å². The lowest BCUT2D eigenvalue weighted by atomic mass is 9.87. The van der Waals surface area contributed by atoms with Gasteiger partial charge in [0.05, 0.1) is 6.54 Å². The van der Waals surface area contributed by atoms with Gasteiger partial charge in [0.25, 0.3) is 5.91 Å². The van der Waals surface area contributed by atoms with Crippen LogP contribution in [0.2, 0.25) is 0 Å². The smallest absolute Gasteiger partial charge is 0.326 e. The molecule has 3 N–H and O–H groups in total. The molecule has 0 aliphatic heterocycles. The van der Waals surface area contributed by atoms with E-state index in [9.17, 15) is 14.4 Å². The van der Waals surface area contributed by atoms with E-state index in [0.29, 0.717) is 5.56 Å². The quantitative estimate of drug-likeness (QED) is 0.755. The molecule has 0 saturated carbocycles. The van der Waals surface area contributed by atoms with Gasteiger partial charge in [-0.2, -0.15) is 0 Å². The third-order valence-corrected chi connectivity index (χ3v) is 2.86. The van der Waals surface area contributed by atoms with Crippen molar-refractivity contribution < 1.29 is 19.5 Å². The Labute approximate surface area is 123 Å². The molecular weight excluding hydrogens is 272 g/mol. The third-order valence-electron chi connectivity index (χ3n) is 2.86. The zero-order chi connectivity index (χ0) is 16.0. The average Bonchev–Trinajstić information content (AvgIpc) is 2.41. The van der Waals surface area contributed by atoms with Crippen molar-refractivity contribution in [3.63, 3.8) is 0 Å². The molecule has 2 amide bonds. The summed E-state index contributed by atoms with van der Waals surface area (Å²) in [5.41, 5.74) is -0.179. The second kappa shape index (κ2) is 6.88. The van der Waals surface area contributed by atoms with E-state index in [1.54, 1.807) is 51.1 Å². The van der Waals surface area contributed by atoms with Crippen LogP contribution in [0, 0.1) is 5.41 Å². The molecule has 0 aromatic heterocycles. The van der Waals surface area contributed by atoms with Crippen LogP contribution in [-0.2, 0) is 9.59 Å². The maximum Gasteiger partial charge on any atom is 0.326 e. The summed E-state index contributed by atoms with van der Waals surface area (Å²) in [7, 11) is 0. The number of hydrogen-bond donors (Lipinski definition) is 3. The van der Waals surface area contributed by atoms with Crippen molar-refractivity contribution in [2.45, 2.75) is 26.8 Å². The number of hydrogen-bond acceptors (Lipinski definition) is 3. The van der Waals surface area contributed by atoms with Crippen LogP contribution in [0.1, 0.15) is 31.1 Å². The molecule has 0 aliphatic rings. The highest BCUT2D eigenvalue weighted by Crippen LogP contribution is 2.19. The van der Waals surface area contributed by atoms with Crippen molar-refractivity contribution in [1.29, 1.82) is 0 Å². The van der Waals surface area contributed by atoms with Crippen LogP contribution in [0.15, 0.2) is 30.3 Å². The first-order valence-electron chi connectivity index (χ1n) is 6.57. The van der Waals surface area contributed by atoms with E-state index in [2.05, 4.69) is 10.6 Å². The maximum absolute atomic E-state index is 11.8. The largest absolute Gasteiger partial charge is 0.480 e. The minimum Gasteiger partial charge on any atom is -0.480 e. The zero-order valence-electron chi connectivity index (χ0n) is 12.3. The molecule has 0 saturated heterocycles. The Bertz CT molecular complexity index is 520. The molecule has 114 valence electrons.